The number of carbonyl (C=O) groups is 1. The van der Waals surface area contributed by atoms with Gasteiger partial charge in [-0.1, -0.05) is 28.9 Å². The van der Waals surface area contributed by atoms with E-state index in [1.807, 2.05) is 6.07 Å². The van der Waals surface area contributed by atoms with Crippen molar-refractivity contribution in [2.75, 3.05) is 7.05 Å². The first-order valence-electron chi connectivity index (χ1n) is 10.2. The fraction of sp³-hybridized carbons (Fsp3) is 0.304. The van der Waals surface area contributed by atoms with Crippen LogP contribution in [0.15, 0.2) is 39.8 Å². The van der Waals surface area contributed by atoms with E-state index < -0.39 is 5.67 Å². The first-order chi connectivity index (χ1) is 15.7. The monoisotopic (exact) mass is 466 g/mol. The number of aliphatic imine (C=N–C) groups is 1. The zero-order valence-corrected chi connectivity index (χ0v) is 18.8. The average molecular weight is 467 g/mol. The number of carbonyl (C=O) groups excluding carboxylic acids is 1. The Morgan fingerprint density at radius 1 is 1.39 bits per heavy atom. The van der Waals surface area contributed by atoms with Gasteiger partial charge in [0.15, 0.2) is 11.6 Å². The average Bonchev–Trinajstić information content (AvgIpc) is 3.24. The number of aromatic nitrogens is 3. The molecule has 168 valence electrons. The predicted octanol–water partition coefficient (Wildman–Crippen LogP) is 4.64. The van der Waals surface area contributed by atoms with Crippen LogP contribution < -0.4 is 0 Å². The maximum atomic E-state index is 15.2. The largest absolute Gasteiger partial charge is 0.337 e. The lowest BCUT2D eigenvalue weighted by molar-refractivity contribution is 0.0336. The number of hydrogen-bond donors (Lipinski definition) is 0. The molecule has 2 aromatic heterocycles. The summed E-state index contributed by atoms with van der Waals surface area (Å²) in [4.78, 5) is 26.6. The van der Waals surface area contributed by atoms with Crippen LogP contribution in [0, 0.1) is 18.3 Å². The van der Waals surface area contributed by atoms with Gasteiger partial charge >= 0.3 is 0 Å². The van der Waals surface area contributed by atoms with Crippen LogP contribution in [0.3, 0.4) is 0 Å². The highest BCUT2D eigenvalue weighted by molar-refractivity contribution is 6.30. The number of nitrogens with zero attached hydrogens (tertiary/aromatic N) is 6. The van der Waals surface area contributed by atoms with Gasteiger partial charge in [-0.05, 0) is 55.8 Å². The third-order valence-electron chi connectivity index (χ3n) is 5.75. The molecule has 0 spiro atoms. The van der Waals surface area contributed by atoms with Gasteiger partial charge in [-0.2, -0.15) is 10.2 Å². The van der Waals surface area contributed by atoms with Crippen molar-refractivity contribution in [3.05, 3.63) is 69.5 Å². The number of hydrogen-bond acceptors (Lipinski definition) is 7. The molecule has 0 saturated heterocycles. The number of benzene rings is 1. The molecular weight excluding hydrogens is 447 g/mol. The lowest BCUT2D eigenvalue weighted by atomic mass is 9.68. The van der Waals surface area contributed by atoms with E-state index in [2.05, 4.69) is 26.8 Å². The molecule has 33 heavy (non-hydrogen) atoms. The highest BCUT2D eigenvalue weighted by atomic mass is 35.5. The Bertz CT molecular complexity index is 1260. The molecule has 8 nitrogen and oxygen atoms in total. The zero-order chi connectivity index (χ0) is 23.8. The van der Waals surface area contributed by atoms with Crippen LogP contribution in [0.25, 0.3) is 0 Å². The maximum absolute atomic E-state index is 15.2. The minimum Gasteiger partial charge on any atom is -0.337 e. The Morgan fingerprint density at radius 3 is 2.73 bits per heavy atom. The fourth-order valence-corrected chi connectivity index (χ4v) is 4.07. The quantitative estimate of drug-likeness (QED) is 0.489. The Hall–Kier alpha value is -3.64. The van der Waals surface area contributed by atoms with Crippen LogP contribution in [0.1, 0.15) is 57.7 Å². The molecule has 3 aromatic rings. The maximum Gasteiger partial charge on any atom is 0.258 e. The number of rotatable bonds is 6. The van der Waals surface area contributed by atoms with Crippen LogP contribution in [-0.4, -0.2) is 39.7 Å². The third kappa shape index (κ3) is 4.34. The van der Waals surface area contributed by atoms with Gasteiger partial charge in [-0.15, -0.1) is 0 Å². The van der Waals surface area contributed by atoms with Crippen LogP contribution in [0.4, 0.5) is 10.2 Å². The summed E-state index contributed by atoms with van der Waals surface area (Å²) in [5, 5.41) is 13.6. The van der Waals surface area contributed by atoms with Gasteiger partial charge in [0.05, 0.1) is 12.1 Å². The molecule has 1 aliphatic rings. The molecule has 10 heteroatoms. The van der Waals surface area contributed by atoms with Crippen molar-refractivity contribution in [3.8, 4) is 6.07 Å². The van der Waals surface area contributed by atoms with Crippen molar-refractivity contribution in [2.45, 2.75) is 37.9 Å². The second kappa shape index (κ2) is 8.71. The molecule has 1 saturated carbocycles. The van der Waals surface area contributed by atoms with Gasteiger partial charge in [0.1, 0.15) is 17.4 Å². The fourth-order valence-electron chi connectivity index (χ4n) is 3.94. The molecule has 2 heterocycles. The number of nitriles is 1. The second-order valence-corrected chi connectivity index (χ2v) is 8.51. The van der Waals surface area contributed by atoms with E-state index in [1.54, 1.807) is 38.2 Å². The number of amides is 1. The van der Waals surface area contributed by atoms with Gasteiger partial charge in [-0.3, -0.25) is 4.79 Å². The SMILES string of the molecule is C=Nc1nc(C#N)cc(C)c1C(=O)N(C)Cc1nc(C2CC(F)(c3ccc(Cl)cc3)C2)no1. The van der Waals surface area contributed by atoms with E-state index in [9.17, 15) is 4.79 Å². The predicted molar refractivity (Wildman–Crippen MR) is 119 cm³/mol. The minimum atomic E-state index is -1.45. The van der Waals surface area contributed by atoms with Crippen molar-refractivity contribution in [1.29, 1.82) is 5.26 Å². The van der Waals surface area contributed by atoms with Gasteiger partial charge in [0.25, 0.3) is 5.91 Å². The topological polar surface area (TPSA) is 108 Å². The number of aryl methyl sites for hydroxylation is 1. The molecule has 1 aromatic carbocycles. The third-order valence-corrected chi connectivity index (χ3v) is 6.00. The molecule has 4 rings (SSSR count). The number of alkyl halides is 1. The molecule has 0 radical (unpaired) electrons. The highest BCUT2D eigenvalue weighted by Crippen LogP contribution is 2.53. The molecule has 0 bridgehead atoms. The Morgan fingerprint density at radius 2 is 2.09 bits per heavy atom. The smallest absolute Gasteiger partial charge is 0.258 e. The van der Waals surface area contributed by atoms with E-state index in [0.717, 1.165) is 0 Å². The van der Waals surface area contributed by atoms with Crippen LogP contribution >= 0.6 is 11.6 Å². The van der Waals surface area contributed by atoms with Crippen molar-refractivity contribution in [2.24, 2.45) is 4.99 Å². The summed E-state index contributed by atoms with van der Waals surface area (Å²) in [6.07, 6.45) is 0.486. The van der Waals surface area contributed by atoms with E-state index in [-0.39, 0.29) is 54.2 Å². The van der Waals surface area contributed by atoms with E-state index in [1.165, 1.54) is 11.0 Å². The molecule has 0 aliphatic heterocycles. The summed E-state index contributed by atoms with van der Waals surface area (Å²) >= 11 is 5.88. The number of pyridine rings is 1. The Balaban J connectivity index is 1.43. The van der Waals surface area contributed by atoms with E-state index in [0.29, 0.717) is 22.0 Å². The summed E-state index contributed by atoms with van der Waals surface area (Å²) < 4.78 is 20.5. The first-order valence-corrected chi connectivity index (χ1v) is 10.5. The van der Waals surface area contributed by atoms with Gasteiger partial charge in [-0.25, -0.2) is 14.4 Å². The lowest BCUT2D eigenvalue weighted by Gasteiger charge is -2.40. The van der Waals surface area contributed by atoms with E-state index >= 15 is 4.39 Å². The van der Waals surface area contributed by atoms with Crippen LogP contribution in [0.5, 0.6) is 0 Å². The summed E-state index contributed by atoms with van der Waals surface area (Å²) in [6.45, 7) is 5.19. The summed E-state index contributed by atoms with van der Waals surface area (Å²) in [6, 6.07) is 10.2. The van der Waals surface area contributed by atoms with Crippen LogP contribution in [-0.2, 0) is 12.2 Å². The van der Waals surface area contributed by atoms with Gasteiger partial charge < -0.3 is 9.42 Å². The Kier molecular flexibility index (Phi) is 5.95. The zero-order valence-electron chi connectivity index (χ0n) is 18.0. The molecular formula is C23H20ClFN6O2. The minimum absolute atomic E-state index is 0.0481. The standard InChI is InChI=1S/C23H20ClFN6O2/c1-13-8-17(11-26)28-21(27-2)19(13)22(32)31(3)12-18-29-20(30-33-18)14-9-23(25,10-14)15-4-6-16(24)7-5-15/h4-8,14H,2,9-10,12H2,1,3H3. The molecule has 0 atom stereocenters. The molecule has 1 aliphatic carbocycles. The van der Waals surface area contributed by atoms with Crippen molar-refractivity contribution in [3.63, 3.8) is 0 Å². The van der Waals surface area contributed by atoms with Crippen molar-refractivity contribution >= 4 is 30.0 Å². The molecule has 1 fully saturated rings. The van der Waals surface area contributed by atoms with Crippen LogP contribution in [0.2, 0.25) is 5.02 Å². The summed E-state index contributed by atoms with van der Waals surface area (Å²) in [7, 11) is 1.58. The van der Waals surface area contributed by atoms with Crippen molar-refractivity contribution in [1.82, 2.24) is 20.0 Å². The summed E-state index contributed by atoms with van der Waals surface area (Å²) in [5.41, 5.74) is 0.0871. The molecule has 1 amide bonds. The number of halogens is 2. The molecule has 0 unspecified atom stereocenters. The summed E-state index contributed by atoms with van der Waals surface area (Å²) in [5.74, 6) is 0.186. The Labute approximate surface area is 194 Å². The second-order valence-electron chi connectivity index (χ2n) is 8.08. The molecule has 0 N–H and O–H groups in total. The first kappa shape index (κ1) is 22.6. The van der Waals surface area contributed by atoms with E-state index in [4.69, 9.17) is 21.4 Å². The normalized spacial score (nSPS) is 19.4. The highest BCUT2D eigenvalue weighted by Gasteiger charge is 2.48. The van der Waals surface area contributed by atoms with Crippen molar-refractivity contribution < 1.29 is 13.7 Å². The van der Waals surface area contributed by atoms with Gasteiger partial charge in [0, 0.05) is 18.0 Å². The lowest BCUT2D eigenvalue weighted by Crippen LogP contribution is -2.36. The van der Waals surface area contributed by atoms with Gasteiger partial charge in [0.2, 0.25) is 5.89 Å².